The van der Waals surface area contributed by atoms with E-state index < -0.39 is 35.9 Å². The summed E-state index contributed by atoms with van der Waals surface area (Å²) in [7, 11) is 0. The van der Waals surface area contributed by atoms with Gasteiger partial charge in [0.2, 0.25) is 0 Å². The van der Waals surface area contributed by atoms with E-state index in [1.807, 2.05) is 30.3 Å². The molecule has 5 rings (SSSR count). The second-order valence-electron chi connectivity index (χ2n) is 12.7. The summed E-state index contributed by atoms with van der Waals surface area (Å²) in [6.07, 6.45) is -6.95. The number of piperidine rings is 1. The fraction of sp³-hybridized carbons (Fsp3) is 0.625. The highest BCUT2D eigenvalue weighted by atomic mass is 19.4. The van der Waals surface area contributed by atoms with Gasteiger partial charge in [-0.1, -0.05) is 30.3 Å². The van der Waals surface area contributed by atoms with E-state index in [2.05, 4.69) is 18.7 Å². The van der Waals surface area contributed by atoms with E-state index in [1.165, 1.54) is 6.92 Å². The van der Waals surface area contributed by atoms with Gasteiger partial charge >= 0.3 is 12.4 Å². The molecular weight excluding hydrogens is 560 g/mol. The summed E-state index contributed by atoms with van der Waals surface area (Å²) in [6.45, 7) is 8.74. The second kappa shape index (κ2) is 11.7. The average molecular weight is 600 g/mol. The molecule has 3 aliphatic heterocycles. The molecule has 3 heterocycles. The van der Waals surface area contributed by atoms with Crippen LogP contribution in [0.25, 0.3) is 0 Å². The Morgan fingerprint density at radius 2 is 1.52 bits per heavy atom. The molecule has 0 unspecified atom stereocenters. The molecule has 0 bridgehead atoms. The maximum Gasteiger partial charge on any atom is 0.416 e. The van der Waals surface area contributed by atoms with Crippen LogP contribution >= 0.6 is 0 Å². The molecule has 232 valence electrons. The van der Waals surface area contributed by atoms with Crippen molar-refractivity contribution in [3.05, 3.63) is 70.8 Å². The number of alkyl halides is 6. The van der Waals surface area contributed by atoms with Crippen LogP contribution in [0.3, 0.4) is 0 Å². The minimum Gasteiger partial charge on any atom is -0.369 e. The zero-order valence-corrected chi connectivity index (χ0v) is 24.2. The van der Waals surface area contributed by atoms with Gasteiger partial charge in [-0.05, 0) is 88.1 Å². The summed E-state index contributed by atoms with van der Waals surface area (Å²) in [4.78, 5) is 2.44. The zero-order valence-electron chi connectivity index (χ0n) is 24.2. The van der Waals surface area contributed by atoms with Gasteiger partial charge in [0.05, 0.1) is 35.0 Å². The van der Waals surface area contributed by atoms with Crippen LogP contribution < -0.4 is 0 Å². The van der Waals surface area contributed by atoms with Gasteiger partial charge in [-0.25, -0.2) is 0 Å². The highest BCUT2D eigenvalue weighted by Gasteiger charge is 2.47. The summed E-state index contributed by atoms with van der Waals surface area (Å²) in [5.41, 5.74) is -2.10. The number of halogens is 6. The van der Waals surface area contributed by atoms with Crippen molar-refractivity contribution < 1.29 is 40.6 Å². The molecular formula is C32H39F6NO3. The lowest BCUT2D eigenvalue weighted by Crippen LogP contribution is -2.48. The Morgan fingerprint density at radius 1 is 0.905 bits per heavy atom. The Kier molecular flexibility index (Phi) is 8.75. The second-order valence-corrected chi connectivity index (χ2v) is 12.7. The largest absolute Gasteiger partial charge is 0.416 e. The van der Waals surface area contributed by atoms with E-state index in [4.69, 9.17) is 14.2 Å². The Bertz CT molecular complexity index is 1170. The molecule has 4 nitrogen and oxygen atoms in total. The quantitative estimate of drug-likeness (QED) is 0.312. The number of hydrogen-bond acceptors (Lipinski definition) is 4. The Balaban J connectivity index is 1.34. The molecule has 4 atom stereocenters. The first-order valence-corrected chi connectivity index (χ1v) is 14.7. The fourth-order valence-corrected chi connectivity index (χ4v) is 6.81. The first kappa shape index (κ1) is 31.3. The van der Waals surface area contributed by atoms with E-state index >= 15 is 0 Å². The number of rotatable bonds is 6. The van der Waals surface area contributed by atoms with Gasteiger partial charge in [0.15, 0.2) is 6.29 Å². The first-order chi connectivity index (χ1) is 19.6. The van der Waals surface area contributed by atoms with E-state index in [0.717, 1.165) is 69.4 Å². The lowest BCUT2D eigenvalue weighted by Gasteiger charge is -2.44. The Morgan fingerprint density at radius 3 is 2.07 bits per heavy atom. The van der Waals surface area contributed by atoms with Gasteiger partial charge in [0.1, 0.15) is 0 Å². The summed E-state index contributed by atoms with van der Waals surface area (Å²) >= 11 is 0. The maximum absolute atomic E-state index is 13.5. The molecule has 3 aliphatic rings. The molecule has 1 spiro atoms. The number of benzene rings is 2. The van der Waals surface area contributed by atoms with Gasteiger partial charge in [-0.3, -0.25) is 0 Å². The third-order valence-corrected chi connectivity index (χ3v) is 9.11. The van der Waals surface area contributed by atoms with E-state index in [9.17, 15) is 26.3 Å². The molecule has 2 aromatic carbocycles. The SMILES string of the molecule is C[C@@H](O[C@H]1OCC[C@H](CN2CCC3(CC2)CCC(C)(C)O3)[C@@H]1c1ccccc1)c1cc(C(F)(F)F)cc(C(F)(F)F)c1. The third-order valence-electron chi connectivity index (χ3n) is 9.11. The molecule has 0 amide bonds. The summed E-state index contributed by atoms with van der Waals surface area (Å²) in [5.74, 6) is -0.117. The van der Waals surface area contributed by atoms with E-state index in [-0.39, 0.29) is 34.7 Å². The molecule has 3 fully saturated rings. The van der Waals surface area contributed by atoms with Gasteiger partial charge in [-0.2, -0.15) is 26.3 Å². The van der Waals surface area contributed by atoms with Crippen molar-refractivity contribution in [1.82, 2.24) is 4.90 Å². The number of likely N-dealkylation sites (tertiary alicyclic amines) is 1. The number of nitrogens with zero attached hydrogens (tertiary/aromatic N) is 1. The highest BCUT2D eigenvalue weighted by molar-refractivity contribution is 5.35. The molecule has 10 heteroatoms. The molecule has 0 saturated carbocycles. The standard InChI is InChI=1S/C32H39F6NO3/c1-21(24-17-25(31(33,34)35)19-26(18-24)32(36,37)38)41-28-27(22-7-5-4-6-8-22)23(9-16-40-28)20-39-14-12-30(13-15-39)11-10-29(2,3)42-30/h4-8,17-19,21,23,27-28H,9-16,20H2,1-3H3/t21-,23-,27+,28-/m1/s1. The van der Waals surface area contributed by atoms with Crippen LogP contribution in [0.1, 0.15) is 87.2 Å². The molecule has 0 aliphatic carbocycles. The van der Waals surface area contributed by atoms with Crippen LogP contribution in [0.15, 0.2) is 48.5 Å². The van der Waals surface area contributed by atoms with Gasteiger partial charge < -0.3 is 19.1 Å². The predicted molar refractivity (Wildman–Crippen MR) is 146 cm³/mol. The van der Waals surface area contributed by atoms with Crippen LogP contribution in [0.5, 0.6) is 0 Å². The van der Waals surface area contributed by atoms with Crippen LogP contribution in [0.4, 0.5) is 26.3 Å². The average Bonchev–Trinajstić information content (AvgIpc) is 3.23. The Labute approximate surface area is 243 Å². The van der Waals surface area contributed by atoms with Crippen LogP contribution in [0.2, 0.25) is 0 Å². The van der Waals surface area contributed by atoms with Crippen molar-refractivity contribution in [2.75, 3.05) is 26.2 Å². The fourth-order valence-electron chi connectivity index (χ4n) is 6.81. The van der Waals surface area contributed by atoms with Gasteiger partial charge in [0.25, 0.3) is 0 Å². The van der Waals surface area contributed by atoms with Crippen molar-refractivity contribution >= 4 is 0 Å². The van der Waals surface area contributed by atoms with Crippen molar-refractivity contribution in [1.29, 1.82) is 0 Å². The van der Waals surface area contributed by atoms with Crippen LogP contribution in [-0.4, -0.2) is 48.6 Å². The normalized spacial score (nSPS) is 27.3. The van der Waals surface area contributed by atoms with Crippen molar-refractivity contribution in [3.8, 4) is 0 Å². The molecule has 42 heavy (non-hydrogen) atoms. The topological polar surface area (TPSA) is 30.9 Å². The smallest absolute Gasteiger partial charge is 0.369 e. The Hall–Kier alpha value is -2.14. The molecule has 0 radical (unpaired) electrons. The monoisotopic (exact) mass is 599 g/mol. The van der Waals surface area contributed by atoms with Gasteiger partial charge in [-0.15, -0.1) is 0 Å². The first-order valence-electron chi connectivity index (χ1n) is 14.7. The number of ether oxygens (including phenoxy) is 3. The zero-order chi connectivity index (χ0) is 30.3. The number of hydrogen-bond donors (Lipinski definition) is 0. The van der Waals surface area contributed by atoms with Crippen molar-refractivity contribution in [3.63, 3.8) is 0 Å². The summed E-state index contributed by atoms with van der Waals surface area (Å²) < 4.78 is 99.7. The lowest BCUT2D eigenvalue weighted by molar-refractivity contribution is -0.211. The van der Waals surface area contributed by atoms with Crippen molar-refractivity contribution in [2.24, 2.45) is 5.92 Å². The van der Waals surface area contributed by atoms with E-state index in [1.54, 1.807) is 0 Å². The van der Waals surface area contributed by atoms with Crippen LogP contribution in [0, 0.1) is 5.92 Å². The maximum atomic E-state index is 13.5. The minimum absolute atomic E-state index is 0.0597. The lowest BCUT2D eigenvalue weighted by atomic mass is 9.80. The van der Waals surface area contributed by atoms with Crippen LogP contribution in [-0.2, 0) is 26.6 Å². The molecule has 0 N–H and O–H groups in total. The molecule has 2 aromatic rings. The molecule has 3 saturated heterocycles. The molecule has 0 aromatic heterocycles. The third kappa shape index (κ3) is 7.14. The van der Waals surface area contributed by atoms with Crippen molar-refractivity contribution in [2.45, 2.75) is 94.7 Å². The predicted octanol–water partition coefficient (Wildman–Crippen LogP) is 8.37. The summed E-state index contributed by atoms with van der Waals surface area (Å²) in [6, 6.07) is 11.3. The summed E-state index contributed by atoms with van der Waals surface area (Å²) in [5, 5.41) is 0. The van der Waals surface area contributed by atoms with E-state index in [0.29, 0.717) is 6.61 Å². The highest BCUT2D eigenvalue weighted by Crippen LogP contribution is 2.45. The minimum atomic E-state index is -4.93. The van der Waals surface area contributed by atoms with Gasteiger partial charge in [0, 0.05) is 25.6 Å².